The molecule has 36 heavy (non-hydrogen) atoms. The quantitative estimate of drug-likeness (QED) is 0.381. The Labute approximate surface area is 220 Å². The van der Waals surface area contributed by atoms with Gasteiger partial charge in [0.15, 0.2) is 0 Å². The van der Waals surface area contributed by atoms with Gasteiger partial charge in [-0.25, -0.2) is 4.98 Å². The fourth-order valence-corrected chi connectivity index (χ4v) is 5.19. The van der Waals surface area contributed by atoms with Crippen molar-refractivity contribution < 1.29 is 24.5 Å². The van der Waals surface area contributed by atoms with Crippen LogP contribution in [0.3, 0.4) is 0 Å². The zero-order valence-electron chi connectivity index (χ0n) is 23.4. The predicted molar refractivity (Wildman–Crippen MR) is 145 cm³/mol. The van der Waals surface area contributed by atoms with Crippen LogP contribution in [0.1, 0.15) is 85.4 Å². The summed E-state index contributed by atoms with van der Waals surface area (Å²) >= 11 is 1.57. The van der Waals surface area contributed by atoms with Crippen LogP contribution in [0.25, 0.3) is 6.08 Å². The number of Topliss-reactive ketones (excluding diaryl/α,β-unsaturated/α-hetero) is 1. The summed E-state index contributed by atoms with van der Waals surface area (Å²) in [6.45, 7) is 17.3. The molecule has 1 aliphatic heterocycles. The lowest BCUT2D eigenvalue weighted by atomic mass is 9.72. The molecule has 6 atom stereocenters. The molecule has 2 rings (SSSR count). The first-order chi connectivity index (χ1) is 16.6. The van der Waals surface area contributed by atoms with Crippen molar-refractivity contribution in [3.8, 4) is 0 Å². The van der Waals surface area contributed by atoms with Crippen LogP contribution in [0.15, 0.2) is 23.1 Å². The van der Waals surface area contributed by atoms with Crippen LogP contribution in [-0.2, 0) is 14.3 Å². The Balaban J connectivity index is 2.44. The topological polar surface area (TPSA) is 96.7 Å². The number of aromatic nitrogens is 1. The summed E-state index contributed by atoms with van der Waals surface area (Å²) in [5.74, 6) is -1.53. The van der Waals surface area contributed by atoms with Gasteiger partial charge in [-0.15, -0.1) is 11.3 Å². The number of cyclic esters (lactones) is 1. The number of thiazole rings is 1. The summed E-state index contributed by atoms with van der Waals surface area (Å²) in [5, 5.41) is 24.7. The summed E-state index contributed by atoms with van der Waals surface area (Å²) in [4.78, 5) is 30.8. The summed E-state index contributed by atoms with van der Waals surface area (Å²) in [6, 6.07) is 0. The molecule has 6 nitrogen and oxygen atoms in total. The number of ether oxygens (including phenoxy) is 1. The van der Waals surface area contributed by atoms with Gasteiger partial charge in [0, 0.05) is 17.2 Å². The van der Waals surface area contributed by atoms with E-state index >= 15 is 0 Å². The van der Waals surface area contributed by atoms with Crippen LogP contribution in [0, 0.1) is 35.5 Å². The maximum absolute atomic E-state index is 13.2. The van der Waals surface area contributed by atoms with Crippen molar-refractivity contribution in [3.05, 3.63) is 33.8 Å². The van der Waals surface area contributed by atoms with E-state index in [0.29, 0.717) is 6.42 Å². The standard InChI is InChI=1S/C29H45NO5S/c1-17-11-10-12-28(6,7)19(3)14-23(18(2)13-22-16-36-21(5)30-22)35-25(32)15-24(31)29(8,9)27(34)20(4)26(17)33/h10-11,13,16-17,19-20,23-24,26,31,33H,12,14-15H2,1-9H3/b11-10+,18-13+/t17-,19-,20+,23-,24?,26-/m0/s1. The first-order valence-electron chi connectivity index (χ1n) is 12.9. The van der Waals surface area contributed by atoms with Crippen LogP contribution >= 0.6 is 11.3 Å². The number of carbonyl (C=O) groups is 2. The molecule has 2 heterocycles. The molecule has 2 N–H and O–H groups in total. The molecule has 0 aliphatic carbocycles. The third-order valence-electron chi connectivity index (χ3n) is 8.07. The zero-order chi connectivity index (χ0) is 27.4. The molecular weight excluding hydrogens is 474 g/mol. The second kappa shape index (κ2) is 12.1. The number of esters is 1. The highest BCUT2D eigenvalue weighted by molar-refractivity contribution is 7.09. The number of carbonyl (C=O) groups excluding carboxylic acids is 2. The minimum absolute atomic E-state index is 0.0939. The number of nitrogens with zero attached hydrogens (tertiary/aromatic N) is 1. The average molecular weight is 520 g/mol. The molecule has 1 aromatic rings. The van der Waals surface area contributed by atoms with Crippen LogP contribution in [0.4, 0.5) is 0 Å². The van der Waals surface area contributed by atoms with Crippen molar-refractivity contribution in [2.24, 2.45) is 28.6 Å². The van der Waals surface area contributed by atoms with Crippen LogP contribution in [-0.4, -0.2) is 45.3 Å². The average Bonchev–Trinajstić information content (AvgIpc) is 3.20. The SMILES string of the molecule is C/C(=C\c1csc(C)n1)[C@@H]1C[C@H](C)C(C)(C)C/C=C/[C@H](C)[C@H](O)[C@@H](C)C(=O)C(C)(C)C(O)CC(=O)O1. The molecule has 0 saturated carbocycles. The van der Waals surface area contributed by atoms with Crippen molar-refractivity contribution in [2.45, 2.75) is 99.9 Å². The summed E-state index contributed by atoms with van der Waals surface area (Å²) in [7, 11) is 0. The van der Waals surface area contributed by atoms with E-state index in [1.165, 1.54) is 0 Å². The molecule has 202 valence electrons. The maximum atomic E-state index is 13.2. The second-order valence-electron chi connectivity index (χ2n) is 11.9. The fourth-order valence-electron chi connectivity index (χ4n) is 4.62. The number of aliphatic hydroxyl groups is 2. The zero-order valence-corrected chi connectivity index (χ0v) is 24.2. The monoisotopic (exact) mass is 519 g/mol. The van der Waals surface area contributed by atoms with Gasteiger partial charge in [0.2, 0.25) is 0 Å². The number of hydrogen-bond acceptors (Lipinski definition) is 7. The normalized spacial score (nSPS) is 33.7. The minimum Gasteiger partial charge on any atom is -0.458 e. The van der Waals surface area contributed by atoms with E-state index in [0.717, 1.165) is 22.7 Å². The third kappa shape index (κ3) is 7.59. The molecule has 1 unspecified atom stereocenters. The highest BCUT2D eigenvalue weighted by Crippen LogP contribution is 2.37. The summed E-state index contributed by atoms with van der Waals surface area (Å²) < 4.78 is 5.95. The van der Waals surface area contributed by atoms with Gasteiger partial charge < -0.3 is 14.9 Å². The molecule has 7 heteroatoms. The highest BCUT2D eigenvalue weighted by Gasteiger charge is 2.42. The largest absolute Gasteiger partial charge is 0.458 e. The molecule has 1 aromatic heterocycles. The number of hydrogen-bond donors (Lipinski definition) is 2. The Morgan fingerprint density at radius 1 is 1.17 bits per heavy atom. The summed E-state index contributed by atoms with van der Waals surface area (Å²) in [5.41, 5.74) is 0.418. The first kappa shape index (κ1) is 30.4. The second-order valence-corrected chi connectivity index (χ2v) is 12.9. The third-order valence-corrected chi connectivity index (χ3v) is 8.86. The van der Waals surface area contributed by atoms with E-state index in [9.17, 15) is 19.8 Å². The van der Waals surface area contributed by atoms with Gasteiger partial charge in [0.1, 0.15) is 11.9 Å². The number of rotatable bonds is 2. The highest BCUT2D eigenvalue weighted by atomic mass is 32.1. The van der Waals surface area contributed by atoms with Gasteiger partial charge in [-0.05, 0) is 49.7 Å². The fraction of sp³-hybridized carbons (Fsp3) is 0.690. The molecule has 1 aliphatic rings. The van der Waals surface area contributed by atoms with Gasteiger partial charge in [-0.1, -0.05) is 60.6 Å². The Bertz CT molecular complexity index is 976. The van der Waals surface area contributed by atoms with E-state index in [4.69, 9.17) is 4.74 Å². The number of allylic oxidation sites excluding steroid dienone is 1. The molecule has 0 bridgehead atoms. The van der Waals surface area contributed by atoms with E-state index < -0.39 is 35.6 Å². The Morgan fingerprint density at radius 3 is 2.39 bits per heavy atom. The molecule has 0 saturated heterocycles. The minimum atomic E-state index is -1.23. The van der Waals surface area contributed by atoms with Crippen molar-refractivity contribution in [3.63, 3.8) is 0 Å². The molecule has 0 amide bonds. The van der Waals surface area contributed by atoms with Crippen LogP contribution < -0.4 is 0 Å². The molecular formula is C29H45NO5S. The smallest absolute Gasteiger partial charge is 0.309 e. The molecule has 0 spiro atoms. The van der Waals surface area contributed by atoms with Crippen LogP contribution in [0.2, 0.25) is 0 Å². The predicted octanol–water partition coefficient (Wildman–Crippen LogP) is 5.76. The number of aryl methyl sites for hydroxylation is 1. The van der Waals surface area contributed by atoms with Gasteiger partial charge in [-0.3, -0.25) is 9.59 Å². The maximum Gasteiger partial charge on any atom is 0.309 e. The molecule has 0 aromatic carbocycles. The van der Waals surface area contributed by atoms with Gasteiger partial charge in [0.05, 0.1) is 34.7 Å². The van der Waals surface area contributed by atoms with E-state index in [1.807, 2.05) is 38.3 Å². The van der Waals surface area contributed by atoms with E-state index in [1.54, 1.807) is 32.1 Å². The van der Waals surface area contributed by atoms with Crippen molar-refractivity contribution in [1.29, 1.82) is 0 Å². The van der Waals surface area contributed by atoms with Crippen molar-refractivity contribution in [2.75, 3.05) is 0 Å². The number of aliphatic hydroxyl groups excluding tert-OH is 2. The van der Waals surface area contributed by atoms with Gasteiger partial charge in [-0.2, -0.15) is 0 Å². The molecule has 0 fully saturated rings. The van der Waals surface area contributed by atoms with Crippen molar-refractivity contribution in [1.82, 2.24) is 4.98 Å². The van der Waals surface area contributed by atoms with Crippen LogP contribution in [0.5, 0.6) is 0 Å². The lowest BCUT2D eigenvalue weighted by Gasteiger charge is -2.36. The Morgan fingerprint density at radius 2 is 1.81 bits per heavy atom. The lowest BCUT2D eigenvalue weighted by molar-refractivity contribution is -0.155. The molecule has 0 radical (unpaired) electrons. The van der Waals surface area contributed by atoms with Gasteiger partial charge in [0.25, 0.3) is 0 Å². The lowest BCUT2D eigenvalue weighted by Crippen LogP contribution is -2.45. The number of ketones is 1. The van der Waals surface area contributed by atoms with Crippen molar-refractivity contribution >= 4 is 29.2 Å². The van der Waals surface area contributed by atoms with Gasteiger partial charge >= 0.3 is 5.97 Å². The Kier molecular flexibility index (Phi) is 10.3. The Hall–Kier alpha value is -1.83. The van der Waals surface area contributed by atoms with E-state index in [2.05, 4.69) is 31.8 Å². The van der Waals surface area contributed by atoms with E-state index in [-0.39, 0.29) is 29.5 Å². The summed E-state index contributed by atoms with van der Waals surface area (Å²) in [6.07, 6.45) is 4.52. The first-order valence-corrected chi connectivity index (χ1v) is 13.8.